The van der Waals surface area contributed by atoms with Crippen LogP contribution in [0.4, 0.5) is 5.82 Å². The van der Waals surface area contributed by atoms with Gasteiger partial charge in [-0.25, -0.2) is 9.97 Å². The van der Waals surface area contributed by atoms with Gasteiger partial charge in [0.2, 0.25) is 0 Å². The summed E-state index contributed by atoms with van der Waals surface area (Å²) in [5.41, 5.74) is 7.75. The van der Waals surface area contributed by atoms with Crippen molar-refractivity contribution in [3.8, 4) is 0 Å². The first-order valence-corrected chi connectivity index (χ1v) is 11.1. The van der Waals surface area contributed by atoms with Crippen molar-refractivity contribution in [3.05, 3.63) is 83.6 Å². The largest absolute Gasteiger partial charge is 0.261 e. The van der Waals surface area contributed by atoms with Gasteiger partial charge in [0.25, 0.3) is 0 Å². The molecule has 1 aromatic heterocycles. The molecule has 3 rings (SSSR count). The van der Waals surface area contributed by atoms with E-state index in [9.17, 15) is 0 Å². The average molecular weight is 405 g/mol. The lowest BCUT2D eigenvalue weighted by atomic mass is 10.0. The van der Waals surface area contributed by atoms with Crippen molar-refractivity contribution in [2.75, 3.05) is 5.43 Å². The van der Waals surface area contributed by atoms with Crippen LogP contribution in [-0.2, 0) is 12.2 Å². The Morgan fingerprint density at radius 2 is 1.76 bits per heavy atom. The highest BCUT2D eigenvalue weighted by Gasteiger charge is 2.02. The molecular weight excluding hydrogens is 376 g/mol. The maximum absolute atomic E-state index is 4.54. The summed E-state index contributed by atoms with van der Waals surface area (Å²) in [6.45, 7) is 4.24. The lowest BCUT2D eigenvalue weighted by molar-refractivity contribution is 0.717. The van der Waals surface area contributed by atoms with Gasteiger partial charge in [0.05, 0.1) is 5.71 Å². The van der Waals surface area contributed by atoms with Gasteiger partial charge in [-0.3, -0.25) is 5.43 Å². The molecule has 0 spiro atoms. The van der Waals surface area contributed by atoms with Crippen LogP contribution in [0.1, 0.15) is 49.8 Å². The molecule has 1 N–H and O–H groups in total. The molecule has 29 heavy (non-hydrogen) atoms. The summed E-state index contributed by atoms with van der Waals surface area (Å²) < 4.78 is 0. The number of benzene rings is 2. The van der Waals surface area contributed by atoms with Gasteiger partial charge < -0.3 is 0 Å². The Morgan fingerprint density at radius 1 is 0.966 bits per heavy atom. The summed E-state index contributed by atoms with van der Waals surface area (Å²) >= 11 is 1.62. The van der Waals surface area contributed by atoms with E-state index in [4.69, 9.17) is 0 Å². The van der Waals surface area contributed by atoms with E-state index in [0.717, 1.165) is 28.6 Å². The molecule has 0 unspecified atom stereocenters. The molecule has 3 aromatic rings. The summed E-state index contributed by atoms with van der Waals surface area (Å²) in [6, 6.07) is 20.9. The Hall–Kier alpha value is -2.66. The second kappa shape index (κ2) is 11.4. The van der Waals surface area contributed by atoms with Gasteiger partial charge in [0.1, 0.15) is 0 Å². The van der Waals surface area contributed by atoms with Crippen molar-refractivity contribution in [3.63, 3.8) is 0 Å². The summed E-state index contributed by atoms with van der Waals surface area (Å²) in [7, 11) is 0. The first kappa shape index (κ1) is 21.1. The lowest BCUT2D eigenvalue weighted by Crippen LogP contribution is -2.02. The number of aromatic nitrogens is 2. The van der Waals surface area contributed by atoms with E-state index in [1.807, 2.05) is 31.2 Å². The minimum Gasteiger partial charge on any atom is -0.261 e. The van der Waals surface area contributed by atoms with Crippen molar-refractivity contribution >= 4 is 23.3 Å². The third-order valence-corrected chi connectivity index (χ3v) is 5.56. The number of nitrogens with zero attached hydrogens (tertiary/aromatic N) is 3. The van der Waals surface area contributed by atoms with E-state index < -0.39 is 0 Å². The number of thioether (sulfide) groups is 1. The first-order chi connectivity index (χ1) is 14.2. The summed E-state index contributed by atoms with van der Waals surface area (Å²) in [5, 5.41) is 5.24. The van der Waals surface area contributed by atoms with Crippen LogP contribution in [-0.4, -0.2) is 15.7 Å². The normalized spacial score (nSPS) is 11.4. The van der Waals surface area contributed by atoms with E-state index >= 15 is 0 Å². The highest BCUT2D eigenvalue weighted by Crippen LogP contribution is 2.20. The molecule has 150 valence electrons. The Kier molecular flexibility index (Phi) is 8.25. The molecule has 0 fully saturated rings. The molecule has 1 heterocycles. The van der Waals surface area contributed by atoms with Gasteiger partial charge in [-0.15, -0.1) is 0 Å². The standard InChI is InChI=1S/C24H28N4S/c1-3-4-6-9-20-12-14-22(15-13-20)19(2)27-28-23-16-17-25-24(26-23)29-18-21-10-7-5-8-11-21/h5,7-8,10-17H,3-4,6,9,18H2,1-2H3,(H,25,26,28)/b27-19+. The SMILES string of the molecule is CCCCCc1ccc(/C(C)=N/Nc2ccnc(SCc3ccccc3)n2)cc1. The molecule has 0 amide bonds. The van der Waals surface area contributed by atoms with E-state index in [-0.39, 0.29) is 0 Å². The second-order valence-electron chi connectivity index (χ2n) is 6.96. The minimum atomic E-state index is 0.700. The highest BCUT2D eigenvalue weighted by atomic mass is 32.2. The number of hydrazone groups is 1. The fourth-order valence-corrected chi connectivity index (χ4v) is 3.68. The maximum Gasteiger partial charge on any atom is 0.189 e. The number of aryl methyl sites for hydroxylation is 1. The molecule has 0 saturated heterocycles. The smallest absolute Gasteiger partial charge is 0.189 e. The van der Waals surface area contributed by atoms with Crippen LogP contribution in [0.25, 0.3) is 0 Å². The molecular formula is C24H28N4S. The Bertz CT molecular complexity index is 908. The van der Waals surface area contributed by atoms with Gasteiger partial charge in [0.15, 0.2) is 11.0 Å². The fourth-order valence-electron chi connectivity index (χ4n) is 2.89. The maximum atomic E-state index is 4.54. The van der Waals surface area contributed by atoms with Gasteiger partial charge >= 0.3 is 0 Å². The topological polar surface area (TPSA) is 50.2 Å². The van der Waals surface area contributed by atoms with Crippen LogP contribution in [0.5, 0.6) is 0 Å². The van der Waals surface area contributed by atoms with E-state index in [0.29, 0.717) is 5.82 Å². The van der Waals surface area contributed by atoms with Gasteiger partial charge in [0, 0.05) is 18.0 Å². The molecule has 0 atom stereocenters. The fraction of sp³-hybridized carbons (Fsp3) is 0.292. The Labute approximate surface area is 177 Å². The molecule has 0 aliphatic heterocycles. The zero-order chi connectivity index (χ0) is 20.3. The van der Waals surface area contributed by atoms with E-state index in [1.165, 1.54) is 30.4 Å². The molecule has 0 saturated carbocycles. The number of rotatable bonds is 10. The average Bonchev–Trinajstić information content (AvgIpc) is 2.78. The Balaban J connectivity index is 1.56. The van der Waals surface area contributed by atoms with Gasteiger partial charge in [-0.05, 0) is 36.5 Å². The van der Waals surface area contributed by atoms with Crippen LogP contribution in [0.2, 0.25) is 0 Å². The Morgan fingerprint density at radius 3 is 2.52 bits per heavy atom. The number of anilines is 1. The van der Waals surface area contributed by atoms with Crippen LogP contribution >= 0.6 is 11.8 Å². The third-order valence-electron chi connectivity index (χ3n) is 4.62. The molecule has 2 aromatic carbocycles. The molecule has 0 bridgehead atoms. The number of hydrogen-bond acceptors (Lipinski definition) is 5. The first-order valence-electron chi connectivity index (χ1n) is 10.1. The number of unbranched alkanes of at least 4 members (excludes halogenated alkanes) is 2. The molecule has 5 heteroatoms. The number of hydrogen-bond donors (Lipinski definition) is 1. The molecule has 0 aliphatic carbocycles. The lowest BCUT2D eigenvalue weighted by Gasteiger charge is -2.06. The van der Waals surface area contributed by atoms with E-state index in [1.54, 1.807) is 18.0 Å². The summed E-state index contributed by atoms with van der Waals surface area (Å²) in [6.07, 6.45) is 6.70. The molecule has 0 radical (unpaired) electrons. The zero-order valence-corrected chi connectivity index (χ0v) is 18.0. The van der Waals surface area contributed by atoms with Crippen LogP contribution < -0.4 is 5.43 Å². The summed E-state index contributed by atoms with van der Waals surface area (Å²) in [5.74, 6) is 1.54. The minimum absolute atomic E-state index is 0.700. The van der Waals surface area contributed by atoms with Crippen LogP contribution in [0.3, 0.4) is 0 Å². The predicted molar refractivity (Wildman–Crippen MR) is 124 cm³/mol. The third kappa shape index (κ3) is 7.02. The predicted octanol–water partition coefficient (Wildman–Crippen LogP) is 6.34. The van der Waals surface area contributed by atoms with Gasteiger partial charge in [-0.1, -0.05) is 86.1 Å². The van der Waals surface area contributed by atoms with Crippen molar-refractivity contribution in [1.82, 2.24) is 9.97 Å². The van der Waals surface area contributed by atoms with Gasteiger partial charge in [-0.2, -0.15) is 5.10 Å². The molecule has 0 aliphatic rings. The highest BCUT2D eigenvalue weighted by molar-refractivity contribution is 7.98. The van der Waals surface area contributed by atoms with Crippen LogP contribution in [0, 0.1) is 0 Å². The number of nitrogens with one attached hydrogen (secondary N) is 1. The monoisotopic (exact) mass is 404 g/mol. The van der Waals surface area contributed by atoms with Crippen molar-refractivity contribution in [1.29, 1.82) is 0 Å². The quantitative estimate of drug-likeness (QED) is 0.141. The van der Waals surface area contributed by atoms with Crippen LogP contribution in [0.15, 0.2) is 77.1 Å². The zero-order valence-electron chi connectivity index (χ0n) is 17.1. The molecule has 4 nitrogen and oxygen atoms in total. The van der Waals surface area contributed by atoms with E-state index in [2.05, 4.69) is 63.8 Å². The van der Waals surface area contributed by atoms with Crippen molar-refractivity contribution < 1.29 is 0 Å². The second-order valence-corrected chi connectivity index (χ2v) is 7.90. The van der Waals surface area contributed by atoms with Crippen molar-refractivity contribution in [2.45, 2.75) is 50.4 Å². The van der Waals surface area contributed by atoms with Crippen molar-refractivity contribution in [2.24, 2.45) is 5.10 Å². The summed E-state index contributed by atoms with van der Waals surface area (Å²) in [4.78, 5) is 8.89.